The molecule has 7 heteroatoms. The molecule has 34 heavy (non-hydrogen) atoms. The Morgan fingerprint density at radius 1 is 0.941 bits per heavy atom. The van der Waals surface area contributed by atoms with Crippen LogP contribution in [0.4, 0.5) is 0 Å². The van der Waals surface area contributed by atoms with Crippen LogP contribution >= 0.6 is 0 Å². The molecule has 0 radical (unpaired) electrons. The fourth-order valence-electron chi connectivity index (χ4n) is 3.95. The monoisotopic (exact) mass is 455 g/mol. The largest absolute Gasteiger partial charge is 0.497 e. The summed E-state index contributed by atoms with van der Waals surface area (Å²) >= 11 is 0. The van der Waals surface area contributed by atoms with E-state index in [1.54, 1.807) is 36.4 Å². The summed E-state index contributed by atoms with van der Waals surface area (Å²) in [6.45, 7) is 0. The third-order valence-corrected chi connectivity index (χ3v) is 5.65. The number of ether oxygens (including phenoxy) is 4. The van der Waals surface area contributed by atoms with E-state index in [0.29, 0.717) is 22.8 Å². The van der Waals surface area contributed by atoms with Crippen molar-refractivity contribution in [2.24, 2.45) is 7.05 Å². The van der Waals surface area contributed by atoms with Gasteiger partial charge in [-0.25, -0.2) is 4.79 Å². The molecule has 0 saturated heterocycles. The molecular weight excluding hydrogens is 434 g/mol. The van der Waals surface area contributed by atoms with Crippen molar-refractivity contribution in [3.63, 3.8) is 0 Å². The summed E-state index contributed by atoms with van der Waals surface area (Å²) in [6.07, 6.45) is 3.69. The molecule has 0 aliphatic carbocycles. The molecule has 0 atom stereocenters. The predicted octanol–water partition coefficient (Wildman–Crippen LogP) is 5.03. The zero-order valence-corrected chi connectivity index (χ0v) is 18.8. The van der Waals surface area contributed by atoms with Gasteiger partial charge in [-0.1, -0.05) is 18.2 Å². The molecule has 3 aromatic carbocycles. The van der Waals surface area contributed by atoms with Crippen molar-refractivity contribution in [3.8, 4) is 23.0 Å². The number of ketones is 1. The van der Waals surface area contributed by atoms with Gasteiger partial charge in [0.2, 0.25) is 5.78 Å². The third kappa shape index (κ3) is 3.77. The van der Waals surface area contributed by atoms with Gasteiger partial charge in [-0.3, -0.25) is 4.79 Å². The maximum absolute atomic E-state index is 12.9. The van der Waals surface area contributed by atoms with Gasteiger partial charge >= 0.3 is 5.97 Å². The van der Waals surface area contributed by atoms with E-state index in [4.69, 9.17) is 18.9 Å². The number of aromatic nitrogens is 1. The van der Waals surface area contributed by atoms with Crippen LogP contribution in [-0.2, 0) is 7.05 Å². The van der Waals surface area contributed by atoms with E-state index in [1.807, 2.05) is 42.1 Å². The van der Waals surface area contributed by atoms with E-state index in [2.05, 4.69) is 0 Å². The Labute approximate surface area is 195 Å². The number of carbonyl (C=O) groups is 2. The van der Waals surface area contributed by atoms with E-state index in [-0.39, 0.29) is 22.9 Å². The molecule has 0 N–H and O–H groups in total. The Hall–Kier alpha value is -4.52. The second-order valence-corrected chi connectivity index (χ2v) is 7.80. The average molecular weight is 455 g/mol. The van der Waals surface area contributed by atoms with E-state index in [0.717, 1.165) is 16.5 Å². The quantitative estimate of drug-likeness (QED) is 0.239. The molecule has 0 bridgehead atoms. The summed E-state index contributed by atoms with van der Waals surface area (Å²) in [5.41, 5.74) is 2.62. The summed E-state index contributed by atoms with van der Waals surface area (Å²) in [7, 11) is 4.96. The number of hydrogen-bond donors (Lipinski definition) is 0. The molecule has 0 unspecified atom stereocenters. The van der Waals surface area contributed by atoms with Crippen molar-refractivity contribution < 1.29 is 28.5 Å². The van der Waals surface area contributed by atoms with Gasteiger partial charge in [-0.05, 0) is 36.4 Å². The van der Waals surface area contributed by atoms with Gasteiger partial charge in [0.25, 0.3) is 0 Å². The van der Waals surface area contributed by atoms with Crippen molar-refractivity contribution in [1.82, 2.24) is 4.57 Å². The van der Waals surface area contributed by atoms with Crippen molar-refractivity contribution in [2.75, 3.05) is 14.2 Å². The number of carbonyl (C=O) groups excluding carboxylic acids is 2. The van der Waals surface area contributed by atoms with Gasteiger partial charge in [0.15, 0.2) is 5.76 Å². The van der Waals surface area contributed by atoms with Gasteiger partial charge < -0.3 is 23.5 Å². The molecule has 0 amide bonds. The highest BCUT2D eigenvalue weighted by atomic mass is 16.5. The van der Waals surface area contributed by atoms with Crippen molar-refractivity contribution in [2.45, 2.75) is 0 Å². The lowest BCUT2D eigenvalue weighted by atomic mass is 10.1. The molecule has 1 aromatic heterocycles. The third-order valence-electron chi connectivity index (χ3n) is 5.65. The Balaban J connectivity index is 1.40. The first-order chi connectivity index (χ1) is 16.5. The number of hydrogen-bond acceptors (Lipinski definition) is 6. The summed E-state index contributed by atoms with van der Waals surface area (Å²) in [5, 5.41) is 1.02. The second kappa shape index (κ2) is 8.44. The number of nitrogens with zero attached hydrogens (tertiary/aromatic N) is 1. The van der Waals surface area contributed by atoms with Gasteiger partial charge in [0.1, 0.15) is 23.0 Å². The van der Waals surface area contributed by atoms with E-state index >= 15 is 0 Å². The smallest absolute Gasteiger partial charge is 0.343 e. The fourth-order valence-corrected chi connectivity index (χ4v) is 3.95. The van der Waals surface area contributed by atoms with E-state index < -0.39 is 5.97 Å². The second-order valence-electron chi connectivity index (χ2n) is 7.80. The van der Waals surface area contributed by atoms with Crippen LogP contribution in [0.5, 0.6) is 23.0 Å². The number of allylic oxidation sites excluding steroid dienone is 1. The molecule has 0 spiro atoms. The topological polar surface area (TPSA) is 76.0 Å². The number of rotatable bonds is 5. The zero-order valence-electron chi connectivity index (χ0n) is 18.8. The minimum Gasteiger partial charge on any atom is -0.497 e. The van der Waals surface area contributed by atoms with Crippen molar-refractivity contribution in [1.29, 1.82) is 0 Å². The Morgan fingerprint density at radius 3 is 2.41 bits per heavy atom. The molecule has 7 nitrogen and oxygen atoms in total. The standard InChI is InChI=1S/C27H21NO6/c1-28-15-17(21-6-4-5-7-23(21)28)12-25-26(29)22-9-8-18(14-24(22)34-25)33-27(30)16-10-19(31-2)13-20(11-16)32-3/h4-15H,1-3H3/b25-12+. The maximum atomic E-state index is 12.9. The van der Waals surface area contributed by atoms with Crippen LogP contribution in [0.1, 0.15) is 26.3 Å². The van der Waals surface area contributed by atoms with Crippen LogP contribution < -0.4 is 18.9 Å². The Morgan fingerprint density at radius 2 is 1.68 bits per heavy atom. The van der Waals surface area contributed by atoms with Gasteiger partial charge in [-0.15, -0.1) is 0 Å². The summed E-state index contributed by atoms with van der Waals surface area (Å²) < 4.78 is 23.8. The molecular formula is C27H21NO6. The summed E-state index contributed by atoms with van der Waals surface area (Å²) in [4.78, 5) is 25.6. The number of esters is 1. The van der Waals surface area contributed by atoms with Crippen LogP contribution in [0.25, 0.3) is 17.0 Å². The molecule has 4 aromatic rings. The number of benzene rings is 3. The molecule has 1 aliphatic heterocycles. The number of aryl methyl sites for hydroxylation is 1. The van der Waals surface area contributed by atoms with Crippen LogP contribution in [0.3, 0.4) is 0 Å². The molecule has 1 aliphatic rings. The lowest BCUT2D eigenvalue weighted by molar-refractivity contribution is 0.0733. The molecule has 0 saturated carbocycles. The minimum absolute atomic E-state index is 0.215. The van der Waals surface area contributed by atoms with Crippen LogP contribution in [0, 0.1) is 0 Å². The van der Waals surface area contributed by atoms with Crippen molar-refractivity contribution in [3.05, 3.63) is 89.3 Å². The van der Waals surface area contributed by atoms with Crippen LogP contribution in [0.15, 0.2) is 72.6 Å². The van der Waals surface area contributed by atoms with Gasteiger partial charge in [0, 0.05) is 41.8 Å². The van der Waals surface area contributed by atoms with Gasteiger partial charge in [-0.2, -0.15) is 0 Å². The Bertz CT molecular complexity index is 1460. The highest BCUT2D eigenvalue weighted by Gasteiger charge is 2.28. The fraction of sp³-hybridized carbons (Fsp3) is 0.111. The SMILES string of the molecule is COc1cc(OC)cc(C(=O)Oc2ccc3c(c2)O/C(=C/c2cn(C)c4ccccc24)C3=O)c1. The number of fused-ring (bicyclic) bond motifs is 2. The molecule has 5 rings (SSSR count). The summed E-state index contributed by atoms with van der Waals surface area (Å²) in [5.74, 6) is 0.934. The van der Waals surface area contributed by atoms with Crippen molar-refractivity contribution >= 4 is 28.7 Å². The normalized spacial score (nSPS) is 13.6. The zero-order chi connectivity index (χ0) is 23.8. The summed E-state index contributed by atoms with van der Waals surface area (Å²) in [6, 6.07) is 17.4. The lowest BCUT2D eigenvalue weighted by Crippen LogP contribution is -2.09. The first kappa shape index (κ1) is 21.3. The average Bonchev–Trinajstić information content (AvgIpc) is 3.34. The van der Waals surface area contributed by atoms with Crippen LogP contribution in [0.2, 0.25) is 0 Å². The minimum atomic E-state index is -0.590. The first-order valence-electron chi connectivity index (χ1n) is 10.5. The number of para-hydroxylation sites is 1. The molecule has 2 heterocycles. The van der Waals surface area contributed by atoms with Gasteiger partial charge in [0.05, 0.1) is 25.3 Å². The van der Waals surface area contributed by atoms with Crippen LogP contribution in [-0.4, -0.2) is 30.5 Å². The molecule has 170 valence electrons. The lowest BCUT2D eigenvalue weighted by Gasteiger charge is -2.09. The highest BCUT2D eigenvalue weighted by Crippen LogP contribution is 2.36. The van der Waals surface area contributed by atoms with E-state index in [1.165, 1.54) is 20.3 Å². The first-order valence-corrected chi connectivity index (χ1v) is 10.5. The predicted molar refractivity (Wildman–Crippen MR) is 127 cm³/mol. The maximum Gasteiger partial charge on any atom is 0.343 e. The molecule has 0 fully saturated rings. The number of Topliss-reactive ketones (excluding diaryl/α,β-unsaturated/α-hetero) is 1. The highest BCUT2D eigenvalue weighted by molar-refractivity contribution is 6.15. The Kier molecular flexibility index (Phi) is 5.30. The number of methoxy groups -OCH3 is 2. The van der Waals surface area contributed by atoms with E-state index in [9.17, 15) is 9.59 Å².